The van der Waals surface area contributed by atoms with E-state index in [1.165, 1.54) is 24.8 Å². The van der Waals surface area contributed by atoms with Gasteiger partial charge < -0.3 is 84.3 Å². The number of nitrogens with two attached hydrogens (primary N) is 1. The number of rotatable bonds is 35. The van der Waals surface area contributed by atoms with Crippen LogP contribution in [0.1, 0.15) is 201 Å². The first-order valence-corrected chi connectivity index (χ1v) is 38.0. The number of ether oxygens (including phenoxy) is 1. The molecule has 107 heavy (non-hydrogen) atoms. The quantitative estimate of drug-likeness (QED) is 0.0342. The molecule has 2 heterocycles. The van der Waals surface area contributed by atoms with Crippen LogP contribution in [-0.2, 0) is 83.1 Å². The Morgan fingerprint density at radius 2 is 1.15 bits per heavy atom. The van der Waals surface area contributed by atoms with Crippen molar-refractivity contribution in [3.05, 3.63) is 47.7 Å². The molecule has 2 saturated heterocycles. The predicted molar refractivity (Wildman–Crippen MR) is 401 cm³/mol. The Morgan fingerprint density at radius 1 is 0.598 bits per heavy atom. The van der Waals surface area contributed by atoms with Crippen LogP contribution in [-0.4, -0.2) is 190 Å². The number of carboxylic acid groups (broad SMARTS) is 1. The van der Waals surface area contributed by atoms with E-state index < -0.39 is 209 Å². The first-order valence-electron chi connectivity index (χ1n) is 38.0. The monoisotopic (exact) mass is 1500 g/mol. The van der Waals surface area contributed by atoms with Crippen molar-refractivity contribution in [3.63, 3.8) is 0 Å². The van der Waals surface area contributed by atoms with E-state index in [4.69, 9.17) is 10.5 Å². The number of carboxylic acids is 1. The minimum absolute atomic E-state index is 0.0398. The van der Waals surface area contributed by atoms with Crippen molar-refractivity contribution in [2.75, 3.05) is 13.1 Å². The lowest BCUT2D eigenvalue weighted by Crippen LogP contribution is -2.64. The molecule has 31 nitrogen and oxygen atoms in total. The van der Waals surface area contributed by atoms with Gasteiger partial charge in [-0.25, -0.2) is 4.79 Å². The van der Waals surface area contributed by atoms with Crippen LogP contribution in [0.15, 0.2) is 42.1 Å². The van der Waals surface area contributed by atoms with Gasteiger partial charge in [0.2, 0.25) is 70.9 Å². The predicted octanol–water partition coefficient (Wildman–Crippen LogP) is 2.32. The molecule has 3 rings (SSSR count). The van der Waals surface area contributed by atoms with E-state index >= 15 is 9.59 Å². The van der Waals surface area contributed by atoms with Crippen LogP contribution in [0.5, 0.6) is 0 Å². The lowest BCUT2D eigenvalue weighted by molar-refractivity contribution is -0.157. The molecule has 13 amide bonds. The van der Waals surface area contributed by atoms with Gasteiger partial charge in [0, 0.05) is 25.8 Å². The zero-order chi connectivity index (χ0) is 80.9. The van der Waals surface area contributed by atoms with Crippen molar-refractivity contribution in [1.82, 2.24) is 68.7 Å². The largest absolute Gasteiger partial charge is 0.481 e. The summed E-state index contributed by atoms with van der Waals surface area (Å²) in [5, 5.41) is 42.0. The number of carbonyl (C=O) groups excluding carboxylic acids is 14. The molecule has 31 heteroatoms. The highest BCUT2D eigenvalue weighted by Gasteiger charge is 2.44. The van der Waals surface area contributed by atoms with Crippen LogP contribution in [0.3, 0.4) is 0 Å². The Morgan fingerprint density at radius 3 is 1.69 bits per heavy atom. The van der Waals surface area contributed by atoms with E-state index in [1.807, 2.05) is 13.8 Å². The van der Waals surface area contributed by atoms with E-state index in [1.54, 1.807) is 127 Å². The molecule has 0 spiro atoms. The van der Waals surface area contributed by atoms with Crippen LogP contribution >= 0.6 is 0 Å². The minimum Gasteiger partial charge on any atom is -0.481 e. The molecule has 1 aromatic carbocycles. The second-order valence-corrected chi connectivity index (χ2v) is 30.5. The molecule has 15 N–H and O–H groups in total. The Balaban J connectivity index is 2.01. The fourth-order valence-electron chi connectivity index (χ4n) is 12.3. The number of nitrogens with zero attached hydrogens (tertiary/aromatic N) is 1. The summed E-state index contributed by atoms with van der Waals surface area (Å²) in [5.74, 6) is -16.6. The number of likely N-dealkylation sites (tertiary alicyclic amines) is 1. The van der Waals surface area contributed by atoms with E-state index in [9.17, 15) is 67.4 Å². The molecule has 0 aromatic heterocycles. The van der Waals surface area contributed by atoms with Gasteiger partial charge in [-0.05, 0) is 112 Å². The average molecular weight is 1510 g/mol. The topological polar surface area (TPSA) is 459 Å². The molecule has 1 aromatic rings. The highest BCUT2D eigenvalue weighted by atomic mass is 16.5. The van der Waals surface area contributed by atoms with Gasteiger partial charge in [-0.15, -0.1) is 0 Å². The summed E-state index contributed by atoms with van der Waals surface area (Å²) >= 11 is 0. The number of amides is 13. The Kier molecular flexibility index (Phi) is 38.7. The van der Waals surface area contributed by atoms with Crippen LogP contribution in [0.4, 0.5) is 0 Å². The molecule has 0 bridgehead atoms. The van der Waals surface area contributed by atoms with E-state index in [0.717, 1.165) is 6.42 Å². The van der Waals surface area contributed by atoms with Crippen LogP contribution in [0.25, 0.3) is 0 Å². The SMILES string of the molecule is C/C=C1\NC(=O)[C@H](Cc2ccccc2)NC(=O)[C@@H](C(C)C)NC(=O)[C@@H]([C@H](C)CC)NC(=O)[C@H](NC(=O)[C@H](NC(=O)[C@H](CCCN)NC(=O)[C@H]2CCCN2C(=O)[C@H](NC(=O)[C@@H](NC(=O)[C@H](CCC(=O)O)NC(=O)[C@H](NC(=O)CCCC(C)C)C(C)C)C(C)C)C(C)C)[C@H](C)CC)[C@H](C)OC(=O)[C@H](C(C)C)NC1=O. The molecule has 2 aliphatic rings. The fraction of sp³-hybridized carbons (Fsp3) is 0.697. The molecule has 2 fully saturated rings. The maximum Gasteiger partial charge on any atom is 0.329 e. The first-order chi connectivity index (χ1) is 50.2. The third-order valence-corrected chi connectivity index (χ3v) is 19.5. The van der Waals surface area contributed by atoms with Crippen molar-refractivity contribution < 1.29 is 81.8 Å². The lowest BCUT2D eigenvalue weighted by atomic mass is 9.95. The number of hydrogen-bond donors (Lipinski definition) is 14. The number of hydrogen-bond acceptors (Lipinski definition) is 17. The van der Waals surface area contributed by atoms with Gasteiger partial charge in [-0.1, -0.05) is 166 Å². The van der Waals surface area contributed by atoms with Crippen molar-refractivity contribution in [3.8, 4) is 0 Å². The Labute approximate surface area is 630 Å². The molecule has 0 aliphatic carbocycles. The summed E-state index contributed by atoms with van der Waals surface area (Å²) in [7, 11) is 0. The standard InChI is InChI=1S/C76H124N14O17/c1-19-45(16)61(73(103)89-63-47(18)107-76(106)60(44(14)15)86-64(94)49(21-3)78-67(97)52(38-48-29-23-22-24-30-48)81-70(100)57(41(8)9)84-72(102)62(46(17)20-2)88-74(63)104)87-65(95)50(31-26-36-77)79-68(98)53-32-27-37-90(53)75(105)59(43(12)13)85-71(101)58(42(10)11)83-66(96)51(34-35-55(92)93)80-69(99)56(40(6)7)82-54(91)33-25-28-39(4)5/h21-24,29-30,39-47,50-53,56-63H,19-20,25-28,31-38,77H2,1-18H3,(H,78,97)(H,79,98)(H,80,99)(H,81,100)(H,82,91)(H,83,96)(H,84,102)(H,85,101)(H,86,94)(H,87,95)(H,88,104)(H,89,103)(H,92,93)/b49-21-/t45-,46-,47+,50+,51+,52+,53-,56-,57-,58+,59-,60+,61-,62-,63-/m1/s1. The first kappa shape index (κ1) is 92.2. The van der Waals surface area contributed by atoms with Gasteiger partial charge >= 0.3 is 11.9 Å². The van der Waals surface area contributed by atoms with Gasteiger partial charge in [0.25, 0.3) is 5.91 Å². The van der Waals surface area contributed by atoms with Crippen LogP contribution < -0.4 is 69.5 Å². The second kappa shape index (κ2) is 44.9. The van der Waals surface area contributed by atoms with Gasteiger partial charge in [-0.3, -0.25) is 67.1 Å². The molecule has 2 aliphatic heterocycles. The number of cyclic esters (lactones) is 1. The summed E-state index contributed by atoms with van der Waals surface area (Å²) in [6, 6.07) is -7.76. The van der Waals surface area contributed by atoms with E-state index in [0.29, 0.717) is 30.7 Å². The number of esters is 1. The third kappa shape index (κ3) is 28.9. The van der Waals surface area contributed by atoms with Gasteiger partial charge in [0.05, 0.1) is 0 Å². The van der Waals surface area contributed by atoms with Crippen molar-refractivity contribution in [2.45, 2.75) is 280 Å². The summed E-state index contributed by atoms with van der Waals surface area (Å²) in [6.45, 7) is 30.3. The molecule has 0 radical (unpaired) electrons. The highest BCUT2D eigenvalue weighted by molar-refractivity contribution is 6.03. The number of benzene rings is 1. The molecule has 0 saturated carbocycles. The van der Waals surface area contributed by atoms with Gasteiger partial charge in [0.1, 0.15) is 84.3 Å². The zero-order valence-electron chi connectivity index (χ0n) is 66.0. The van der Waals surface area contributed by atoms with Crippen molar-refractivity contribution in [2.24, 2.45) is 53.1 Å². The number of aliphatic carboxylic acids is 1. The summed E-state index contributed by atoms with van der Waals surface area (Å²) < 4.78 is 5.96. The summed E-state index contributed by atoms with van der Waals surface area (Å²) in [6.07, 6.45) is 1.40. The number of carbonyl (C=O) groups is 15. The van der Waals surface area contributed by atoms with E-state index in [-0.39, 0.29) is 69.6 Å². The molecule has 15 atom stereocenters. The van der Waals surface area contributed by atoms with Gasteiger partial charge in [-0.2, -0.15) is 0 Å². The highest BCUT2D eigenvalue weighted by Crippen LogP contribution is 2.23. The van der Waals surface area contributed by atoms with Crippen LogP contribution in [0.2, 0.25) is 0 Å². The maximum atomic E-state index is 15.1. The van der Waals surface area contributed by atoms with Crippen LogP contribution in [0, 0.1) is 47.3 Å². The number of allylic oxidation sites excluding steroid dienone is 1. The normalized spacial score (nSPS) is 22.0. The van der Waals surface area contributed by atoms with Crippen molar-refractivity contribution >= 4 is 88.7 Å². The fourth-order valence-corrected chi connectivity index (χ4v) is 12.3. The third-order valence-electron chi connectivity index (χ3n) is 19.5. The minimum atomic E-state index is -1.84. The molecule has 0 unspecified atom stereocenters. The second-order valence-electron chi connectivity index (χ2n) is 30.5. The smallest absolute Gasteiger partial charge is 0.329 e. The maximum absolute atomic E-state index is 15.1. The average Bonchev–Trinajstić information content (AvgIpc) is 1.80. The molecular weight excluding hydrogens is 1380 g/mol. The molecular formula is C76H124N14O17. The Hall–Kier alpha value is -9.03. The van der Waals surface area contributed by atoms with E-state index in [2.05, 4.69) is 63.8 Å². The summed E-state index contributed by atoms with van der Waals surface area (Å²) in [5.41, 5.74) is 6.33. The zero-order valence-corrected chi connectivity index (χ0v) is 66.0. The van der Waals surface area contributed by atoms with Gasteiger partial charge in [0.15, 0.2) is 0 Å². The summed E-state index contributed by atoms with van der Waals surface area (Å²) in [4.78, 5) is 214. The lowest BCUT2D eigenvalue weighted by Gasteiger charge is -2.33. The van der Waals surface area contributed by atoms with Crippen molar-refractivity contribution in [1.29, 1.82) is 0 Å². The number of nitrogens with one attached hydrogen (secondary N) is 12. The Bertz CT molecular complexity index is 3250. The molecule has 600 valence electrons.